The van der Waals surface area contributed by atoms with Gasteiger partial charge in [0.05, 0.1) is 17.7 Å². The summed E-state index contributed by atoms with van der Waals surface area (Å²) < 4.78 is 0. The third kappa shape index (κ3) is 4.09. The maximum Gasteiger partial charge on any atom is 0.0671 e. The summed E-state index contributed by atoms with van der Waals surface area (Å²) in [4.78, 5) is 4.20. The lowest BCUT2D eigenvalue weighted by Gasteiger charge is -2.13. The first-order valence-electron chi connectivity index (χ1n) is 5.24. The summed E-state index contributed by atoms with van der Waals surface area (Å²) in [6, 6.07) is 8.15. The van der Waals surface area contributed by atoms with Crippen LogP contribution in [0.15, 0.2) is 24.4 Å². The van der Waals surface area contributed by atoms with Gasteiger partial charge in [0.2, 0.25) is 0 Å². The van der Waals surface area contributed by atoms with Crippen molar-refractivity contribution in [2.75, 3.05) is 6.54 Å². The molecule has 0 saturated carbocycles. The van der Waals surface area contributed by atoms with E-state index in [2.05, 4.69) is 30.2 Å². The van der Waals surface area contributed by atoms with Gasteiger partial charge in [-0.15, -0.1) is 0 Å². The third-order valence-electron chi connectivity index (χ3n) is 2.37. The maximum absolute atomic E-state index is 8.89. The van der Waals surface area contributed by atoms with Crippen molar-refractivity contribution in [1.29, 1.82) is 5.26 Å². The molecule has 0 spiro atoms. The monoisotopic (exact) mass is 203 g/mol. The molecule has 80 valence electrons. The normalized spacial score (nSPS) is 12.4. The van der Waals surface area contributed by atoms with E-state index in [9.17, 15) is 0 Å². The van der Waals surface area contributed by atoms with Gasteiger partial charge >= 0.3 is 0 Å². The van der Waals surface area contributed by atoms with Gasteiger partial charge < -0.3 is 5.32 Å². The number of pyridine rings is 1. The lowest BCUT2D eigenvalue weighted by Crippen LogP contribution is -2.25. The Kier molecular flexibility index (Phi) is 4.79. The van der Waals surface area contributed by atoms with E-state index < -0.39 is 0 Å². The first-order valence-corrected chi connectivity index (χ1v) is 5.24. The molecule has 0 aliphatic heterocycles. The molecule has 0 saturated heterocycles. The van der Waals surface area contributed by atoms with Gasteiger partial charge in [-0.1, -0.05) is 19.9 Å². The predicted octanol–water partition coefficient (Wildman–Crippen LogP) is 1.97. The summed E-state index contributed by atoms with van der Waals surface area (Å²) in [6.07, 6.45) is 1.78. The predicted molar refractivity (Wildman–Crippen MR) is 59.9 cm³/mol. The quantitative estimate of drug-likeness (QED) is 0.796. The van der Waals surface area contributed by atoms with Crippen molar-refractivity contribution in [3.63, 3.8) is 0 Å². The van der Waals surface area contributed by atoms with Crippen LogP contribution in [-0.2, 0) is 6.54 Å². The first kappa shape index (κ1) is 11.7. The summed E-state index contributed by atoms with van der Waals surface area (Å²) in [6.45, 7) is 5.59. The molecule has 1 heterocycles. The molecule has 0 aromatic carbocycles. The van der Waals surface area contributed by atoms with Crippen LogP contribution in [0.4, 0.5) is 0 Å². The van der Waals surface area contributed by atoms with Crippen LogP contribution in [0.5, 0.6) is 0 Å². The number of rotatable bonds is 5. The topological polar surface area (TPSA) is 48.7 Å². The molecule has 3 nitrogen and oxygen atoms in total. The highest BCUT2D eigenvalue weighted by Crippen LogP contribution is 2.07. The molecule has 1 aromatic heterocycles. The second-order valence-corrected chi connectivity index (χ2v) is 3.93. The second kappa shape index (κ2) is 6.15. The van der Waals surface area contributed by atoms with E-state index in [-0.39, 0.29) is 5.92 Å². The minimum absolute atomic E-state index is 0.0775. The average Bonchev–Trinajstić information content (AvgIpc) is 2.25. The fourth-order valence-electron chi connectivity index (χ4n) is 1.29. The van der Waals surface area contributed by atoms with Crippen molar-refractivity contribution < 1.29 is 0 Å². The van der Waals surface area contributed by atoms with Gasteiger partial charge in [-0.05, 0) is 18.1 Å². The zero-order valence-electron chi connectivity index (χ0n) is 9.27. The van der Waals surface area contributed by atoms with Crippen LogP contribution >= 0.6 is 0 Å². The van der Waals surface area contributed by atoms with E-state index in [1.807, 2.05) is 18.2 Å². The van der Waals surface area contributed by atoms with Gasteiger partial charge in [0.15, 0.2) is 0 Å². The maximum atomic E-state index is 8.89. The Morgan fingerprint density at radius 1 is 1.47 bits per heavy atom. The summed E-state index contributed by atoms with van der Waals surface area (Å²) in [5.41, 5.74) is 1.01. The highest BCUT2D eigenvalue weighted by atomic mass is 14.9. The van der Waals surface area contributed by atoms with Gasteiger partial charge in [-0.3, -0.25) is 4.98 Å². The van der Waals surface area contributed by atoms with Crippen LogP contribution in [0, 0.1) is 23.2 Å². The Labute approximate surface area is 91.1 Å². The SMILES string of the molecule is CC(C)C(C#N)CNCc1ccccn1. The van der Waals surface area contributed by atoms with Crippen molar-refractivity contribution in [2.24, 2.45) is 11.8 Å². The highest BCUT2D eigenvalue weighted by Gasteiger charge is 2.11. The molecular formula is C12H17N3. The van der Waals surface area contributed by atoms with Crippen LogP contribution in [0.25, 0.3) is 0 Å². The van der Waals surface area contributed by atoms with E-state index in [1.54, 1.807) is 6.20 Å². The standard InChI is InChI=1S/C12H17N3/c1-10(2)11(7-13)8-14-9-12-5-3-4-6-15-12/h3-6,10-11,14H,8-9H2,1-2H3. The summed E-state index contributed by atoms with van der Waals surface area (Å²) in [5.74, 6) is 0.472. The molecule has 15 heavy (non-hydrogen) atoms. The van der Waals surface area contributed by atoms with E-state index in [1.165, 1.54) is 0 Å². The number of nitrogens with one attached hydrogen (secondary N) is 1. The van der Waals surface area contributed by atoms with Crippen LogP contribution in [-0.4, -0.2) is 11.5 Å². The smallest absolute Gasteiger partial charge is 0.0671 e. The lowest BCUT2D eigenvalue weighted by atomic mass is 9.98. The molecular weight excluding hydrogens is 186 g/mol. The number of nitrogens with zero attached hydrogens (tertiary/aromatic N) is 2. The van der Waals surface area contributed by atoms with Crippen LogP contribution < -0.4 is 5.32 Å². The Morgan fingerprint density at radius 2 is 2.27 bits per heavy atom. The fourth-order valence-corrected chi connectivity index (χ4v) is 1.29. The van der Waals surface area contributed by atoms with E-state index >= 15 is 0 Å². The van der Waals surface area contributed by atoms with Crippen molar-refractivity contribution in [2.45, 2.75) is 20.4 Å². The highest BCUT2D eigenvalue weighted by molar-refractivity contribution is 5.03. The Bertz CT molecular complexity index is 313. The number of hydrogen-bond donors (Lipinski definition) is 1. The molecule has 1 aromatic rings. The number of aromatic nitrogens is 1. The third-order valence-corrected chi connectivity index (χ3v) is 2.37. The summed E-state index contributed by atoms with van der Waals surface area (Å²) in [5, 5.41) is 12.1. The van der Waals surface area contributed by atoms with E-state index in [4.69, 9.17) is 5.26 Å². The van der Waals surface area contributed by atoms with Crippen LogP contribution in [0.3, 0.4) is 0 Å². The second-order valence-electron chi connectivity index (χ2n) is 3.93. The summed E-state index contributed by atoms with van der Waals surface area (Å²) in [7, 11) is 0. The molecule has 0 radical (unpaired) electrons. The van der Waals surface area contributed by atoms with Gasteiger partial charge in [-0.2, -0.15) is 5.26 Å². The van der Waals surface area contributed by atoms with E-state index in [0.717, 1.165) is 18.8 Å². The zero-order chi connectivity index (χ0) is 11.1. The van der Waals surface area contributed by atoms with Crippen molar-refractivity contribution in [3.8, 4) is 6.07 Å². The molecule has 0 aliphatic rings. The minimum Gasteiger partial charge on any atom is -0.310 e. The summed E-state index contributed by atoms with van der Waals surface area (Å²) >= 11 is 0. The van der Waals surface area contributed by atoms with Gasteiger partial charge in [-0.25, -0.2) is 0 Å². The zero-order valence-corrected chi connectivity index (χ0v) is 9.27. The molecule has 0 aliphatic carbocycles. The molecule has 0 fully saturated rings. The molecule has 1 unspecified atom stereocenters. The van der Waals surface area contributed by atoms with Crippen LogP contribution in [0.1, 0.15) is 19.5 Å². The Hall–Kier alpha value is -1.40. The Morgan fingerprint density at radius 3 is 2.80 bits per heavy atom. The largest absolute Gasteiger partial charge is 0.310 e. The molecule has 1 atom stereocenters. The van der Waals surface area contributed by atoms with Crippen molar-refractivity contribution >= 4 is 0 Å². The fraction of sp³-hybridized carbons (Fsp3) is 0.500. The molecule has 1 N–H and O–H groups in total. The number of nitriles is 1. The van der Waals surface area contributed by atoms with Crippen molar-refractivity contribution in [3.05, 3.63) is 30.1 Å². The first-order chi connectivity index (χ1) is 7.24. The molecule has 1 rings (SSSR count). The molecule has 0 amide bonds. The van der Waals surface area contributed by atoms with Gasteiger partial charge in [0.1, 0.15) is 0 Å². The molecule has 0 bridgehead atoms. The average molecular weight is 203 g/mol. The lowest BCUT2D eigenvalue weighted by molar-refractivity contribution is 0.440. The number of hydrogen-bond acceptors (Lipinski definition) is 3. The van der Waals surface area contributed by atoms with Gasteiger partial charge in [0.25, 0.3) is 0 Å². The van der Waals surface area contributed by atoms with E-state index in [0.29, 0.717) is 5.92 Å². The van der Waals surface area contributed by atoms with Crippen molar-refractivity contribution in [1.82, 2.24) is 10.3 Å². The van der Waals surface area contributed by atoms with Gasteiger partial charge in [0, 0.05) is 19.3 Å². The molecule has 3 heteroatoms. The Balaban J connectivity index is 2.31. The minimum atomic E-state index is 0.0775. The van der Waals surface area contributed by atoms with Crippen LogP contribution in [0.2, 0.25) is 0 Å².